The number of carbonyl (C=O) groups excluding carboxylic acids is 1. The summed E-state index contributed by atoms with van der Waals surface area (Å²) in [5.41, 5.74) is -1.98. The number of nitro groups is 1. The maximum Gasteiger partial charge on any atom is 0.418 e. The number of sulfonamides is 1. The fraction of sp³-hybridized carbons (Fsp3) is 0.0500. The zero-order valence-corrected chi connectivity index (χ0v) is 17.8. The van der Waals surface area contributed by atoms with Gasteiger partial charge in [0.2, 0.25) is 0 Å². The maximum atomic E-state index is 13.1. The first-order chi connectivity index (χ1) is 15.4. The predicted octanol–water partition coefficient (Wildman–Crippen LogP) is 5.32. The van der Waals surface area contributed by atoms with Gasteiger partial charge in [-0.15, -0.1) is 0 Å². The molecule has 0 spiro atoms. The molecule has 0 aromatic heterocycles. The average Bonchev–Trinajstić information content (AvgIpc) is 2.73. The van der Waals surface area contributed by atoms with Gasteiger partial charge in [0.05, 0.1) is 21.2 Å². The van der Waals surface area contributed by atoms with E-state index in [2.05, 4.69) is 10.0 Å². The van der Waals surface area contributed by atoms with E-state index in [1.54, 1.807) is 0 Å². The minimum absolute atomic E-state index is 0.00943. The van der Waals surface area contributed by atoms with Crippen LogP contribution >= 0.6 is 11.6 Å². The molecule has 0 aliphatic carbocycles. The third-order valence-corrected chi connectivity index (χ3v) is 6.16. The molecule has 33 heavy (non-hydrogen) atoms. The molecule has 1 amide bonds. The molecule has 13 heteroatoms. The number of para-hydroxylation sites is 1. The number of amides is 1. The summed E-state index contributed by atoms with van der Waals surface area (Å²) in [6, 6.07) is 12.2. The highest BCUT2D eigenvalue weighted by atomic mass is 35.5. The SMILES string of the molecule is O=C(Nc1ccccc1C(F)(F)F)c1ccc(NS(=O)(=O)c2cc([N+](=O)[O-])ccc2Cl)cc1. The van der Waals surface area contributed by atoms with Crippen molar-refractivity contribution >= 4 is 44.6 Å². The normalized spacial score (nSPS) is 11.6. The van der Waals surface area contributed by atoms with Crippen LogP contribution in [-0.2, 0) is 16.2 Å². The summed E-state index contributed by atoms with van der Waals surface area (Å²) >= 11 is 5.87. The molecule has 0 atom stereocenters. The molecule has 8 nitrogen and oxygen atoms in total. The molecule has 2 N–H and O–H groups in total. The number of hydrogen-bond donors (Lipinski definition) is 2. The van der Waals surface area contributed by atoms with Gasteiger partial charge in [-0.25, -0.2) is 8.42 Å². The van der Waals surface area contributed by atoms with E-state index in [-0.39, 0.29) is 16.3 Å². The van der Waals surface area contributed by atoms with Crippen LogP contribution in [0.2, 0.25) is 5.02 Å². The van der Waals surface area contributed by atoms with E-state index in [1.165, 1.54) is 36.4 Å². The van der Waals surface area contributed by atoms with E-state index in [1.807, 2.05) is 0 Å². The number of rotatable bonds is 6. The number of anilines is 2. The van der Waals surface area contributed by atoms with Gasteiger partial charge in [-0.05, 0) is 42.5 Å². The van der Waals surface area contributed by atoms with Gasteiger partial charge in [-0.1, -0.05) is 23.7 Å². The van der Waals surface area contributed by atoms with Gasteiger partial charge in [0.1, 0.15) is 4.90 Å². The molecule has 0 aliphatic heterocycles. The van der Waals surface area contributed by atoms with E-state index in [0.717, 1.165) is 30.3 Å². The predicted molar refractivity (Wildman–Crippen MR) is 115 cm³/mol. The number of nitrogens with one attached hydrogen (secondary N) is 2. The molecule has 172 valence electrons. The maximum absolute atomic E-state index is 13.1. The molecule has 0 radical (unpaired) electrons. The van der Waals surface area contributed by atoms with Gasteiger partial charge in [0.25, 0.3) is 21.6 Å². The van der Waals surface area contributed by atoms with Crippen molar-refractivity contribution in [1.29, 1.82) is 0 Å². The van der Waals surface area contributed by atoms with Crippen molar-refractivity contribution in [3.63, 3.8) is 0 Å². The number of nitrogens with zero attached hydrogens (tertiary/aromatic N) is 1. The van der Waals surface area contributed by atoms with Crippen molar-refractivity contribution in [2.45, 2.75) is 11.1 Å². The van der Waals surface area contributed by atoms with E-state index >= 15 is 0 Å². The van der Waals surface area contributed by atoms with Crippen LogP contribution < -0.4 is 10.0 Å². The highest BCUT2D eigenvalue weighted by Crippen LogP contribution is 2.35. The summed E-state index contributed by atoms with van der Waals surface area (Å²) in [6.07, 6.45) is -4.67. The Bertz CT molecular complexity index is 1330. The number of alkyl halides is 3. The van der Waals surface area contributed by atoms with Crippen LogP contribution in [0.4, 0.5) is 30.2 Å². The highest BCUT2D eigenvalue weighted by Gasteiger charge is 2.33. The highest BCUT2D eigenvalue weighted by molar-refractivity contribution is 7.92. The first-order valence-electron chi connectivity index (χ1n) is 8.93. The molecular weight excluding hydrogens is 487 g/mol. The lowest BCUT2D eigenvalue weighted by atomic mass is 10.1. The minimum Gasteiger partial charge on any atom is -0.321 e. The Morgan fingerprint density at radius 3 is 2.24 bits per heavy atom. The zero-order valence-electron chi connectivity index (χ0n) is 16.3. The number of carbonyl (C=O) groups is 1. The second-order valence-corrected chi connectivity index (χ2v) is 8.61. The third kappa shape index (κ3) is 5.59. The summed E-state index contributed by atoms with van der Waals surface area (Å²) in [4.78, 5) is 22.0. The molecule has 3 aromatic rings. The topological polar surface area (TPSA) is 118 Å². The molecule has 0 bridgehead atoms. The third-order valence-electron chi connectivity index (χ3n) is 4.30. The Balaban J connectivity index is 1.79. The van der Waals surface area contributed by atoms with Crippen molar-refractivity contribution in [3.8, 4) is 0 Å². The Hall–Kier alpha value is -3.64. The molecule has 3 aromatic carbocycles. The number of hydrogen-bond acceptors (Lipinski definition) is 5. The molecule has 0 saturated heterocycles. The fourth-order valence-corrected chi connectivity index (χ4v) is 4.32. The second kappa shape index (κ2) is 9.08. The second-order valence-electron chi connectivity index (χ2n) is 6.55. The molecule has 0 heterocycles. The Labute approximate surface area is 190 Å². The quantitative estimate of drug-likeness (QED) is 0.351. The molecule has 0 fully saturated rings. The van der Waals surface area contributed by atoms with Crippen LogP contribution in [0.15, 0.2) is 71.6 Å². The lowest BCUT2D eigenvalue weighted by molar-refractivity contribution is -0.385. The van der Waals surface area contributed by atoms with Crippen LogP contribution in [-0.4, -0.2) is 19.2 Å². The number of benzene rings is 3. The van der Waals surface area contributed by atoms with Crippen molar-refractivity contribution in [2.24, 2.45) is 0 Å². The van der Waals surface area contributed by atoms with Crippen LogP contribution in [0.5, 0.6) is 0 Å². The van der Waals surface area contributed by atoms with E-state index in [0.29, 0.717) is 0 Å². The molecule has 0 aliphatic rings. The monoisotopic (exact) mass is 499 g/mol. The van der Waals surface area contributed by atoms with Gasteiger partial charge in [-0.2, -0.15) is 13.2 Å². The van der Waals surface area contributed by atoms with Gasteiger partial charge in [0, 0.05) is 23.4 Å². The zero-order chi connectivity index (χ0) is 24.4. The first kappa shape index (κ1) is 24.0. The van der Waals surface area contributed by atoms with Gasteiger partial charge in [-0.3, -0.25) is 19.6 Å². The van der Waals surface area contributed by atoms with Gasteiger partial charge < -0.3 is 5.32 Å². The molecule has 0 unspecified atom stereocenters. The van der Waals surface area contributed by atoms with E-state index in [4.69, 9.17) is 11.6 Å². The molecule has 3 rings (SSSR count). The van der Waals surface area contributed by atoms with E-state index in [9.17, 15) is 36.5 Å². The summed E-state index contributed by atoms with van der Waals surface area (Å²) in [7, 11) is -4.32. The molecular formula is C20H13ClF3N3O5S. The minimum atomic E-state index is -4.67. The summed E-state index contributed by atoms with van der Waals surface area (Å²) in [5.74, 6) is -0.845. The van der Waals surface area contributed by atoms with Crippen LogP contribution in [0.3, 0.4) is 0 Å². The number of non-ortho nitro benzene ring substituents is 1. The lowest BCUT2D eigenvalue weighted by Gasteiger charge is -2.14. The number of halogens is 4. The molecule has 0 saturated carbocycles. The summed E-state index contributed by atoms with van der Waals surface area (Å²) in [5, 5.41) is 12.8. The van der Waals surface area contributed by atoms with Gasteiger partial charge >= 0.3 is 6.18 Å². The Morgan fingerprint density at radius 1 is 1.00 bits per heavy atom. The Kier molecular flexibility index (Phi) is 6.60. The fourth-order valence-electron chi connectivity index (χ4n) is 2.75. The van der Waals surface area contributed by atoms with Crippen molar-refractivity contribution in [3.05, 3.63) is 93.0 Å². The average molecular weight is 500 g/mol. The van der Waals surface area contributed by atoms with Gasteiger partial charge in [0.15, 0.2) is 0 Å². The largest absolute Gasteiger partial charge is 0.418 e. The Morgan fingerprint density at radius 2 is 1.64 bits per heavy atom. The lowest BCUT2D eigenvalue weighted by Crippen LogP contribution is -2.17. The summed E-state index contributed by atoms with van der Waals surface area (Å²) in [6.45, 7) is 0. The standard InChI is InChI=1S/C20H13ClF3N3O5S/c21-16-10-9-14(27(29)30)11-18(16)33(31,32)26-13-7-5-12(6-8-13)19(28)25-17-4-2-1-3-15(17)20(22,23)24/h1-11,26H,(H,25,28). The van der Waals surface area contributed by atoms with Crippen molar-refractivity contribution < 1.29 is 31.3 Å². The summed E-state index contributed by atoms with van der Waals surface area (Å²) < 4.78 is 66.6. The van der Waals surface area contributed by atoms with Crippen molar-refractivity contribution in [2.75, 3.05) is 10.0 Å². The van der Waals surface area contributed by atoms with E-state index < -0.39 is 48.9 Å². The van der Waals surface area contributed by atoms with Crippen LogP contribution in [0, 0.1) is 10.1 Å². The smallest absolute Gasteiger partial charge is 0.321 e. The van der Waals surface area contributed by atoms with Crippen LogP contribution in [0.25, 0.3) is 0 Å². The van der Waals surface area contributed by atoms with Crippen LogP contribution in [0.1, 0.15) is 15.9 Å². The van der Waals surface area contributed by atoms with Crippen molar-refractivity contribution in [1.82, 2.24) is 0 Å². The first-order valence-corrected chi connectivity index (χ1v) is 10.8. The number of nitro benzene ring substituents is 1.